The summed E-state index contributed by atoms with van der Waals surface area (Å²) < 4.78 is 29.1. The van der Waals surface area contributed by atoms with E-state index in [9.17, 15) is 18.8 Å². The maximum Gasteiger partial charge on any atom is 0.356 e. The van der Waals surface area contributed by atoms with Crippen molar-refractivity contribution in [3.05, 3.63) is 87.7 Å². The van der Waals surface area contributed by atoms with Crippen molar-refractivity contribution in [3.63, 3.8) is 0 Å². The lowest BCUT2D eigenvalue weighted by Gasteiger charge is -2.15. The van der Waals surface area contributed by atoms with Crippen LogP contribution in [-0.2, 0) is 9.53 Å². The summed E-state index contributed by atoms with van der Waals surface area (Å²) in [6, 6.07) is 12.8. The quantitative estimate of drug-likeness (QED) is 0.300. The van der Waals surface area contributed by atoms with Crippen LogP contribution in [0.25, 0.3) is 22.1 Å². The Bertz CT molecular complexity index is 1500. The number of benzene rings is 2. The second-order valence-electron chi connectivity index (χ2n) is 7.43. The van der Waals surface area contributed by atoms with E-state index >= 15 is 0 Å². The van der Waals surface area contributed by atoms with Crippen molar-refractivity contribution in [2.24, 2.45) is 0 Å². The van der Waals surface area contributed by atoms with Crippen LogP contribution in [0, 0.1) is 5.82 Å². The van der Waals surface area contributed by atoms with Crippen LogP contribution in [0.1, 0.15) is 17.4 Å². The zero-order valence-electron chi connectivity index (χ0n) is 18.5. The first-order valence-electron chi connectivity index (χ1n) is 10.3. The third-order valence-electron chi connectivity index (χ3n) is 5.04. The molecule has 0 saturated carbocycles. The first-order valence-corrected chi connectivity index (χ1v) is 10.7. The van der Waals surface area contributed by atoms with Crippen molar-refractivity contribution in [2.75, 3.05) is 12.4 Å². The highest BCUT2D eigenvalue weighted by Gasteiger charge is 2.18. The van der Waals surface area contributed by atoms with Gasteiger partial charge in [0, 0.05) is 40.5 Å². The number of nitrogens with one attached hydrogen (secondary N) is 1. The molecule has 0 bridgehead atoms. The van der Waals surface area contributed by atoms with E-state index in [-0.39, 0.29) is 22.0 Å². The molecule has 0 fully saturated rings. The van der Waals surface area contributed by atoms with Crippen LogP contribution in [0.2, 0.25) is 5.02 Å². The minimum Gasteiger partial charge on any atom is -0.481 e. The fraction of sp³-hybridized carbons (Fsp3) is 0.120. The molecule has 0 aliphatic rings. The Kier molecular flexibility index (Phi) is 6.79. The van der Waals surface area contributed by atoms with Gasteiger partial charge < -0.3 is 19.2 Å². The number of ether oxygens (including phenoxy) is 2. The van der Waals surface area contributed by atoms with E-state index in [2.05, 4.69) is 15.0 Å². The van der Waals surface area contributed by atoms with Gasteiger partial charge in [-0.2, -0.15) is 0 Å². The van der Waals surface area contributed by atoms with Crippen molar-refractivity contribution in [1.29, 1.82) is 0 Å². The van der Waals surface area contributed by atoms with Gasteiger partial charge in [0.1, 0.15) is 22.8 Å². The SMILES string of the molecule is COC(=O)c1cc(NC(=O)[C@@H](C)Oc2ccc3c(-c4ccc(F)cc4Cl)cc(=O)oc3c2)ccn1. The van der Waals surface area contributed by atoms with Gasteiger partial charge in [-0.3, -0.25) is 4.79 Å². The molecule has 1 N–H and O–H groups in total. The Hall–Kier alpha value is -4.24. The molecule has 1 amide bonds. The van der Waals surface area contributed by atoms with Crippen molar-refractivity contribution in [2.45, 2.75) is 13.0 Å². The Morgan fingerprint density at radius 2 is 1.89 bits per heavy atom. The number of esters is 1. The van der Waals surface area contributed by atoms with Gasteiger partial charge in [0.15, 0.2) is 6.10 Å². The molecule has 8 nitrogen and oxygen atoms in total. The fourth-order valence-electron chi connectivity index (χ4n) is 3.37. The van der Waals surface area contributed by atoms with Gasteiger partial charge in [-0.15, -0.1) is 0 Å². The molecule has 0 unspecified atom stereocenters. The molecule has 4 rings (SSSR count). The number of hydrogen-bond acceptors (Lipinski definition) is 7. The molecule has 0 spiro atoms. The maximum atomic E-state index is 13.5. The molecule has 2 heterocycles. The molecule has 10 heteroatoms. The second kappa shape index (κ2) is 9.94. The number of anilines is 1. The predicted octanol–water partition coefficient (Wildman–Crippen LogP) is 4.84. The van der Waals surface area contributed by atoms with Crippen molar-refractivity contribution in [1.82, 2.24) is 4.98 Å². The van der Waals surface area contributed by atoms with Gasteiger partial charge in [0.05, 0.1) is 12.1 Å². The van der Waals surface area contributed by atoms with E-state index in [1.54, 1.807) is 12.1 Å². The molecular formula is C25H18ClFN2O6. The molecule has 0 aliphatic heterocycles. The van der Waals surface area contributed by atoms with E-state index in [1.807, 2.05) is 0 Å². The van der Waals surface area contributed by atoms with E-state index in [4.69, 9.17) is 20.8 Å². The summed E-state index contributed by atoms with van der Waals surface area (Å²) in [5.41, 5.74) is 0.894. The number of methoxy groups -OCH3 is 1. The van der Waals surface area contributed by atoms with Crippen LogP contribution in [-0.4, -0.2) is 30.1 Å². The first-order chi connectivity index (χ1) is 16.7. The number of nitrogens with zero attached hydrogens (tertiary/aromatic N) is 1. The molecule has 0 saturated heterocycles. The van der Waals surface area contributed by atoms with Crippen molar-refractivity contribution in [3.8, 4) is 16.9 Å². The molecule has 1 atom stereocenters. The van der Waals surface area contributed by atoms with Crippen LogP contribution in [0.4, 0.5) is 10.1 Å². The fourth-order valence-corrected chi connectivity index (χ4v) is 3.64. The summed E-state index contributed by atoms with van der Waals surface area (Å²) in [4.78, 5) is 40.3. The highest BCUT2D eigenvalue weighted by Crippen LogP contribution is 2.34. The van der Waals surface area contributed by atoms with Crippen LogP contribution >= 0.6 is 11.6 Å². The molecule has 0 aliphatic carbocycles. The number of halogens is 2. The number of amides is 1. The standard InChI is InChI=1S/C25H18ClFN2O6/c1-13(24(31)29-15-7-8-28-21(10-15)25(32)33-2)34-16-4-6-18-19(12-23(30)35-22(18)11-16)17-5-3-14(27)9-20(17)26/h3-13H,1-2H3,(H,28,29,31)/t13-/m1/s1. The Labute approximate surface area is 203 Å². The van der Waals surface area contributed by atoms with Gasteiger partial charge in [-0.25, -0.2) is 19.0 Å². The third-order valence-corrected chi connectivity index (χ3v) is 5.35. The zero-order chi connectivity index (χ0) is 25.1. The first kappa shape index (κ1) is 23.9. The van der Waals surface area contributed by atoms with E-state index in [0.717, 1.165) is 6.07 Å². The largest absolute Gasteiger partial charge is 0.481 e. The second-order valence-corrected chi connectivity index (χ2v) is 7.84. The highest BCUT2D eigenvalue weighted by atomic mass is 35.5. The van der Waals surface area contributed by atoms with Crippen LogP contribution < -0.4 is 15.7 Å². The van der Waals surface area contributed by atoms with Gasteiger partial charge in [-0.05, 0) is 49.4 Å². The lowest BCUT2D eigenvalue weighted by atomic mass is 10.0. The number of fused-ring (bicyclic) bond motifs is 1. The molecular weight excluding hydrogens is 479 g/mol. The molecule has 35 heavy (non-hydrogen) atoms. The normalized spacial score (nSPS) is 11.7. The Morgan fingerprint density at radius 3 is 2.63 bits per heavy atom. The van der Waals surface area contributed by atoms with Gasteiger partial charge in [0.25, 0.3) is 5.91 Å². The maximum absolute atomic E-state index is 13.5. The van der Waals surface area contributed by atoms with Crippen molar-refractivity contribution < 1.29 is 27.9 Å². The summed E-state index contributed by atoms with van der Waals surface area (Å²) in [6.45, 7) is 1.53. The summed E-state index contributed by atoms with van der Waals surface area (Å²) in [5, 5.41) is 3.34. The predicted molar refractivity (Wildman–Crippen MR) is 127 cm³/mol. The highest BCUT2D eigenvalue weighted by molar-refractivity contribution is 6.33. The molecule has 2 aromatic heterocycles. The average Bonchev–Trinajstić information content (AvgIpc) is 2.83. The van der Waals surface area contributed by atoms with E-state index in [0.29, 0.717) is 22.2 Å². The molecule has 178 valence electrons. The zero-order valence-corrected chi connectivity index (χ0v) is 19.3. The van der Waals surface area contributed by atoms with E-state index in [1.165, 1.54) is 56.6 Å². The monoisotopic (exact) mass is 496 g/mol. The van der Waals surface area contributed by atoms with Crippen LogP contribution in [0.5, 0.6) is 5.75 Å². The summed E-state index contributed by atoms with van der Waals surface area (Å²) >= 11 is 6.18. The summed E-state index contributed by atoms with van der Waals surface area (Å²) in [7, 11) is 1.23. The van der Waals surface area contributed by atoms with Gasteiger partial charge in [-0.1, -0.05) is 11.6 Å². The van der Waals surface area contributed by atoms with Crippen molar-refractivity contribution >= 4 is 40.1 Å². The molecule has 0 radical (unpaired) electrons. The Morgan fingerprint density at radius 1 is 1.09 bits per heavy atom. The number of hydrogen-bond donors (Lipinski definition) is 1. The average molecular weight is 497 g/mol. The third kappa shape index (κ3) is 5.30. The number of rotatable bonds is 6. The topological polar surface area (TPSA) is 108 Å². The minimum atomic E-state index is -0.941. The smallest absolute Gasteiger partial charge is 0.356 e. The van der Waals surface area contributed by atoms with Crippen LogP contribution in [0.15, 0.2) is 70.0 Å². The van der Waals surface area contributed by atoms with Gasteiger partial charge >= 0.3 is 11.6 Å². The van der Waals surface area contributed by atoms with Gasteiger partial charge in [0.2, 0.25) is 0 Å². The summed E-state index contributed by atoms with van der Waals surface area (Å²) in [5.74, 6) is -1.34. The number of carbonyl (C=O) groups is 2. The lowest BCUT2D eigenvalue weighted by Crippen LogP contribution is -2.30. The Balaban J connectivity index is 1.56. The summed E-state index contributed by atoms with van der Waals surface area (Å²) in [6.07, 6.45) is 0.424. The lowest BCUT2D eigenvalue weighted by molar-refractivity contribution is -0.122. The molecule has 4 aromatic rings. The van der Waals surface area contributed by atoms with Crippen LogP contribution in [0.3, 0.4) is 0 Å². The van der Waals surface area contributed by atoms with E-state index < -0.39 is 29.4 Å². The molecule has 2 aromatic carbocycles. The number of pyridine rings is 1. The minimum absolute atomic E-state index is 0.0421. The number of aromatic nitrogens is 1. The number of carbonyl (C=O) groups excluding carboxylic acids is 2.